The van der Waals surface area contributed by atoms with Gasteiger partial charge in [-0.15, -0.1) is 11.3 Å². The average Bonchev–Trinajstić information content (AvgIpc) is 2.84. The molecule has 2 rings (SSSR count). The van der Waals surface area contributed by atoms with Gasteiger partial charge >= 0.3 is 0 Å². The molecule has 2 aromatic heterocycles. The van der Waals surface area contributed by atoms with Crippen molar-refractivity contribution in [2.24, 2.45) is 0 Å². The number of rotatable bonds is 5. The third-order valence-corrected chi connectivity index (χ3v) is 4.55. The Morgan fingerprint density at radius 2 is 2.05 bits per heavy atom. The van der Waals surface area contributed by atoms with Crippen LogP contribution in [0, 0.1) is 10.5 Å². The van der Waals surface area contributed by atoms with Gasteiger partial charge in [0.15, 0.2) is 5.82 Å². The Kier molecular flexibility index (Phi) is 5.09. The smallest absolute Gasteiger partial charge is 0.181 e. The van der Waals surface area contributed by atoms with Crippen molar-refractivity contribution in [1.29, 1.82) is 0 Å². The van der Waals surface area contributed by atoms with E-state index in [0.717, 1.165) is 51.0 Å². The minimum absolute atomic E-state index is 0.722. The molecule has 0 saturated carbocycles. The Labute approximate surface area is 131 Å². The molecule has 2 heterocycles. The SMILES string of the molecule is CCCNc1nc(-c2csc(C)n2)nc(CC)c1I. The summed E-state index contributed by atoms with van der Waals surface area (Å²) in [4.78, 5) is 13.7. The molecular formula is C13H17IN4S. The van der Waals surface area contributed by atoms with E-state index < -0.39 is 0 Å². The molecule has 0 fully saturated rings. The number of halogens is 1. The van der Waals surface area contributed by atoms with E-state index in [9.17, 15) is 0 Å². The van der Waals surface area contributed by atoms with Gasteiger partial charge in [-0.1, -0.05) is 13.8 Å². The zero-order valence-corrected chi connectivity index (χ0v) is 14.3. The van der Waals surface area contributed by atoms with E-state index in [1.54, 1.807) is 11.3 Å². The van der Waals surface area contributed by atoms with Gasteiger partial charge in [0, 0.05) is 11.9 Å². The summed E-state index contributed by atoms with van der Waals surface area (Å²) in [7, 11) is 0. The predicted octanol–water partition coefficient (Wildman–Crippen LogP) is 3.90. The maximum Gasteiger partial charge on any atom is 0.181 e. The third kappa shape index (κ3) is 3.42. The van der Waals surface area contributed by atoms with Crippen molar-refractivity contribution in [3.8, 4) is 11.5 Å². The number of aryl methyl sites for hydroxylation is 2. The zero-order chi connectivity index (χ0) is 13.8. The normalized spacial score (nSPS) is 10.7. The largest absolute Gasteiger partial charge is 0.369 e. The minimum Gasteiger partial charge on any atom is -0.369 e. The van der Waals surface area contributed by atoms with Crippen LogP contribution >= 0.6 is 33.9 Å². The second-order valence-corrected chi connectivity index (χ2v) is 6.33. The quantitative estimate of drug-likeness (QED) is 0.790. The van der Waals surface area contributed by atoms with E-state index in [2.05, 4.69) is 56.7 Å². The molecule has 0 aliphatic carbocycles. The van der Waals surface area contributed by atoms with Gasteiger partial charge in [0.05, 0.1) is 14.3 Å². The molecule has 0 bridgehead atoms. The number of anilines is 1. The van der Waals surface area contributed by atoms with Crippen molar-refractivity contribution in [3.05, 3.63) is 19.7 Å². The monoisotopic (exact) mass is 388 g/mol. The van der Waals surface area contributed by atoms with Gasteiger partial charge in [-0.3, -0.25) is 0 Å². The fourth-order valence-electron chi connectivity index (χ4n) is 1.67. The predicted molar refractivity (Wildman–Crippen MR) is 88.8 cm³/mol. The molecule has 0 aromatic carbocycles. The van der Waals surface area contributed by atoms with E-state index in [-0.39, 0.29) is 0 Å². The highest BCUT2D eigenvalue weighted by atomic mass is 127. The first-order chi connectivity index (χ1) is 9.15. The molecule has 19 heavy (non-hydrogen) atoms. The zero-order valence-electron chi connectivity index (χ0n) is 11.3. The van der Waals surface area contributed by atoms with E-state index >= 15 is 0 Å². The van der Waals surface area contributed by atoms with Crippen LogP contribution in [0.4, 0.5) is 5.82 Å². The summed E-state index contributed by atoms with van der Waals surface area (Å²) in [5.74, 6) is 1.65. The van der Waals surface area contributed by atoms with Crippen LogP contribution in [0.5, 0.6) is 0 Å². The van der Waals surface area contributed by atoms with Crippen LogP contribution in [-0.2, 0) is 6.42 Å². The van der Waals surface area contributed by atoms with Crippen molar-refractivity contribution < 1.29 is 0 Å². The second kappa shape index (κ2) is 6.60. The maximum atomic E-state index is 4.63. The summed E-state index contributed by atoms with van der Waals surface area (Å²) in [5, 5.41) is 6.43. The number of aromatic nitrogens is 3. The van der Waals surface area contributed by atoms with Crippen molar-refractivity contribution in [3.63, 3.8) is 0 Å². The standard InChI is InChI=1S/C13H17IN4S/c1-4-6-15-13-11(14)9(5-2)17-12(18-13)10-7-19-8(3)16-10/h7H,4-6H2,1-3H3,(H,15,17,18). The molecule has 6 heteroatoms. The summed E-state index contributed by atoms with van der Waals surface area (Å²) >= 11 is 3.94. The minimum atomic E-state index is 0.722. The van der Waals surface area contributed by atoms with Gasteiger partial charge in [0.2, 0.25) is 0 Å². The lowest BCUT2D eigenvalue weighted by atomic mass is 10.3. The molecule has 1 N–H and O–H groups in total. The Morgan fingerprint density at radius 1 is 1.26 bits per heavy atom. The molecule has 0 aliphatic heterocycles. The lowest BCUT2D eigenvalue weighted by Crippen LogP contribution is -2.09. The van der Waals surface area contributed by atoms with Crippen LogP contribution in [-0.4, -0.2) is 21.5 Å². The van der Waals surface area contributed by atoms with Crippen LogP contribution in [0.15, 0.2) is 5.38 Å². The molecule has 0 atom stereocenters. The van der Waals surface area contributed by atoms with Crippen LogP contribution in [0.3, 0.4) is 0 Å². The first-order valence-electron chi connectivity index (χ1n) is 6.38. The molecule has 4 nitrogen and oxygen atoms in total. The molecule has 0 radical (unpaired) electrons. The first-order valence-corrected chi connectivity index (χ1v) is 8.34. The third-order valence-electron chi connectivity index (χ3n) is 2.65. The van der Waals surface area contributed by atoms with Gasteiger partial charge in [-0.2, -0.15) is 0 Å². The summed E-state index contributed by atoms with van der Waals surface area (Å²) in [6.07, 6.45) is 1.98. The van der Waals surface area contributed by atoms with E-state index in [4.69, 9.17) is 0 Å². The first kappa shape index (κ1) is 14.6. The number of hydrogen-bond acceptors (Lipinski definition) is 5. The van der Waals surface area contributed by atoms with Gasteiger partial charge in [0.1, 0.15) is 11.5 Å². The molecule has 0 spiro atoms. The fraction of sp³-hybridized carbons (Fsp3) is 0.462. The van der Waals surface area contributed by atoms with Crippen LogP contribution in [0.2, 0.25) is 0 Å². The Bertz CT molecular complexity index is 568. The number of nitrogens with zero attached hydrogens (tertiary/aromatic N) is 3. The van der Waals surface area contributed by atoms with E-state index in [1.807, 2.05) is 12.3 Å². The van der Waals surface area contributed by atoms with Crippen molar-refractivity contribution >= 4 is 39.7 Å². The second-order valence-electron chi connectivity index (χ2n) is 4.19. The summed E-state index contributed by atoms with van der Waals surface area (Å²) in [6, 6.07) is 0. The average molecular weight is 388 g/mol. The fourth-order valence-corrected chi connectivity index (χ4v) is 3.07. The Morgan fingerprint density at radius 3 is 2.63 bits per heavy atom. The van der Waals surface area contributed by atoms with Crippen molar-refractivity contribution in [1.82, 2.24) is 15.0 Å². The van der Waals surface area contributed by atoms with Gasteiger partial charge in [-0.25, -0.2) is 15.0 Å². The molecule has 0 unspecified atom stereocenters. The number of nitrogens with one attached hydrogen (secondary N) is 1. The lowest BCUT2D eigenvalue weighted by Gasteiger charge is -2.11. The topological polar surface area (TPSA) is 50.7 Å². The maximum absolute atomic E-state index is 4.63. The van der Waals surface area contributed by atoms with E-state index in [1.165, 1.54) is 0 Å². The highest BCUT2D eigenvalue weighted by Gasteiger charge is 2.13. The summed E-state index contributed by atoms with van der Waals surface area (Å²) in [5.41, 5.74) is 1.95. The molecule has 0 saturated heterocycles. The van der Waals surface area contributed by atoms with Crippen LogP contribution < -0.4 is 5.32 Å². The van der Waals surface area contributed by atoms with E-state index in [0.29, 0.717) is 0 Å². The Balaban J connectivity index is 2.44. The van der Waals surface area contributed by atoms with Gasteiger partial charge < -0.3 is 5.32 Å². The van der Waals surface area contributed by atoms with Crippen molar-refractivity contribution in [2.75, 3.05) is 11.9 Å². The lowest BCUT2D eigenvalue weighted by molar-refractivity contribution is 0.940. The van der Waals surface area contributed by atoms with Gasteiger partial charge in [-0.05, 0) is 42.4 Å². The number of hydrogen-bond donors (Lipinski definition) is 1. The number of thiazole rings is 1. The molecule has 102 valence electrons. The molecule has 0 amide bonds. The molecule has 2 aromatic rings. The molecular weight excluding hydrogens is 371 g/mol. The van der Waals surface area contributed by atoms with Crippen molar-refractivity contribution in [2.45, 2.75) is 33.6 Å². The molecule has 0 aliphatic rings. The summed E-state index contributed by atoms with van der Waals surface area (Å²) in [6.45, 7) is 7.18. The van der Waals surface area contributed by atoms with Crippen LogP contribution in [0.25, 0.3) is 11.5 Å². The van der Waals surface area contributed by atoms with Crippen LogP contribution in [0.1, 0.15) is 31.0 Å². The highest BCUT2D eigenvalue weighted by molar-refractivity contribution is 14.1. The highest BCUT2D eigenvalue weighted by Crippen LogP contribution is 2.25. The summed E-state index contributed by atoms with van der Waals surface area (Å²) < 4.78 is 1.12. The van der Waals surface area contributed by atoms with Gasteiger partial charge in [0.25, 0.3) is 0 Å². The Hall–Kier alpha value is -0.760.